The van der Waals surface area contributed by atoms with Gasteiger partial charge >= 0.3 is 6.18 Å². The molecule has 102 valence electrons. The summed E-state index contributed by atoms with van der Waals surface area (Å²) in [6.45, 7) is 6.10. The smallest absolute Gasteiger partial charge is 0.312 e. The Labute approximate surface area is 102 Å². The van der Waals surface area contributed by atoms with E-state index < -0.39 is 12.6 Å². The number of rotatable bonds is 4. The number of piperidine rings is 1. The predicted octanol–water partition coefficient (Wildman–Crippen LogP) is 2.65. The molecule has 1 heterocycles. The highest BCUT2D eigenvalue weighted by Gasteiger charge is 2.33. The zero-order valence-corrected chi connectivity index (χ0v) is 10.9. The van der Waals surface area contributed by atoms with Crippen molar-refractivity contribution in [3.8, 4) is 0 Å². The molecule has 1 atom stereocenters. The number of hydrogen-bond donors (Lipinski definition) is 1. The number of alkyl halides is 3. The second-order valence-corrected chi connectivity index (χ2v) is 5.73. The van der Waals surface area contributed by atoms with Crippen LogP contribution < -0.4 is 5.32 Å². The van der Waals surface area contributed by atoms with E-state index in [2.05, 4.69) is 19.2 Å². The second-order valence-electron chi connectivity index (χ2n) is 5.73. The first-order chi connectivity index (χ1) is 7.71. The standard InChI is InChI=1S/C12H23F3N2/c1-11(2)5-4-7-16-10(11)9-17(3)8-6-12(13,14)15/h10,16H,4-9H2,1-3H3. The van der Waals surface area contributed by atoms with Crippen molar-refractivity contribution < 1.29 is 13.2 Å². The molecule has 1 unspecified atom stereocenters. The number of hydrogen-bond acceptors (Lipinski definition) is 2. The molecule has 0 bridgehead atoms. The SMILES string of the molecule is CN(CCC(F)(F)F)CC1NCCCC1(C)C. The predicted molar refractivity (Wildman–Crippen MR) is 63.0 cm³/mol. The van der Waals surface area contributed by atoms with Crippen LogP contribution >= 0.6 is 0 Å². The van der Waals surface area contributed by atoms with Gasteiger partial charge in [-0.3, -0.25) is 0 Å². The van der Waals surface area contributed by atoms with Crippen molar-refractivity contribution in [3.63, 3.8) is 0 Å². The second kappa shape index (κ2) is 5.57. The lowest BCUT2D eigenvalue weighted by atomic mass is 9.77. The van der Waals surface area contributed by atoms with Crippen molar-refractivity contribution in [2.24, 2.45) is 5.41 Å². The summed E-state index contributed by atoms with van der Waals surface area (Å²) >= 11 is 0. The minimum absolute atomic E-state index is 0.0811. The molecule has 0 aliphatic carbocycles. The minimum Gasteiger partial charge on any atom is -0.312 e. The van der Waals surface area contributed by atoms with Crippen molar-refractivity contribution in [3.05, 3.63) is 0 Å². The number of nitrogens with one attached hydrogen (secondary N) is 1. The van der Waals surface area contributed by atoms with E-state index in [1.807, 2.05) is 0 Å². The molecule has 1 saturated heterocycles. The van der Waals surface area contributed by atoms with Crippen LogP contribution in [0.2, 0.25) is 0 Å². The van der Waals surface area contributed by atoms with Crippen LogP contribution in [-0.4, -0.2) is 43.8 Å². The minimum atomic E-state index is -4.05. The maximum Gasteiger partial charge on any atom is 0.390 e. The molecule has 5 heteroatoms. The van der Waals surface area contributed by atoms with Gasteiger partial charge in [0.05, 0.1) is 6.42 Å². The monoisotopic (exact) mass is 252 g/mol. The summed E-state index contributed by atoms with van der Waals surface area (Å²) in [6.07, 6.45) is -2.49. The first-order valence-electron chi connectivity index (χ1n) is 6.19. The normalized spacial score (nSPS) is 25.2. The maximum atomic E-state index is 12.1. The van der Waals surface area contributed by atoms with Crippen molar-refractivity contribution >= 4 is 0 Å². The molecule has 0 aromatic rings. The quantitative estimate of drug-likeness (QED) is 0.827. The summed E-state index contributed by atoms with van der Waals surface area (Å²) in [7, 11) is 1.76. The topological polar surface area (TPSA) is 15.3 Å². The molecule has 1 aliphatic rings. The van der Waals surface area contributed by atoms with Gasteiger partial charge in [0.2, 0.25) is 0 Å². The van der Waals surface area contributed by atoms with Crippen LogP contribution in [-0.2, 0) is 0 Å². The van der Waals surface area contributed by atoms with Gasteiger partial charge in [-0.1, -0.05) is 13.8 Å². The number of halogens is 3. The van der Waals surface area contributed by atoms with Gasteiger partial charge < -0.3 is 10.2 Å². The maximum absolute atomic E-state index is 12.1. The summed E-state index contributed by atoms with van der Waals surface area (Å²) in [6, 6.07) is 0.287. The molecule has 2 nitrogen and oxygen atoms in total. The summed E-state index contributed by atoms with van der Waals surface area (Å²) < 4.78 is 36.3. The van der Waals surface area contributed by atoms with Crippen molar-refractivity contribution in [2.45, 2.75) is 45.3 Å². The zero-order chi connectivity index (χ0) is 13.1. The van der Waals surface area contributed by atoms with Crippen LogP contribution in [0.4, 0.5) is 13.2 Å². The summed E-state index contributed by atoms with van der Waals surface area (Å²) in [5.41, 5.74) is 0.171. The van der Waals surface area contributed by atoms with Crippen molar-refractivity contribution in [2.75, 3.05) is 26.7 Å². The van der Waals surface area contributed by atoms with E-state index in [0.29, 0.717) is 6.54 Å². The van der Waals surface area contributed by atoms with Gasteiger partial charge in [0, 0.05) is 19.1 Å². The van der Waals surface area contributed by atoms with Gasteiger partial charge in [-0.15, -0.1) is 0 Å². The third kappa shape index (κ3) is 5.25. The van der Waals surface area contributed by atoms with E-state index in [0.717, 1.165) is 19.4 Å². The molecule has 1 N–H and O–H groups in total. The highest BCUT2D eigenvalue weighted by Crippen LogP contribution is 2.30. The van der Waals surface area contributed by atoms with Crippen LogP contribution in [0.1, 0.15) is 33.1 Å². The van der Waals surface area contributed by atoms with Crippen LogP contribution in [0.25, 0.3) is 0 Å². The Kier molecular flexibility index (Phi) is 4.84. The van der Waals surface area contributed by atoms with Crippen molar-refractivity contribution in [1.29, 1.82) is 0 Å². The van der Waals surface area contributed by atoms with Gasteiger partial charge in [0.25, 0.3) is 0 Å². The summed E-state index contributed by atoms with van der Waals surface area (Å²) in [4.78, 5) is 1.78. The highest BCUT2D eigenvalue weighted by atomic mass is 19.4. The lowest BCUT2D eigenvalue weighted by Crippen LogP contribution is -2.52. The van der Waals surface area contributed by atoms with Crippen molar-refractivity contribution in [1.82, 2.24) is 10.2 Å². The third-order valence-corrected chi connectivity index (χ3v) is 3.60. The zero-order valence-electron chi connectivity index (χ0n) is 10.9. The molecule has 1 rings (SSSR count). The van der Waals surface area contributed by atoms with Gasteiger partial charge in [-0.05, 0) is 31.8 Å². The van der Waals surface area contributed by atoms with Gasteiger partial charge in [-0.2, -0.15) is 13.2 Å². The van der Waals surface area contributed by atoms with Crippen LogP contribution in [0.3, 0.4) is 0 Å². The average molecular weight is 252 g/mol. The lowest BCUT2D eigenvalue weighted by molar-refractivity contribution is -0.137. The molecule has 0 spiro atoms. The fourth-order valence-corrected chi connectivity index (χ4v) is 2.30. The molecule has 1 aliphatic heterocycles. The summed E-state index contributed by atoms with van der Waals surface area (Å²) in [5, 5.41) is 3.41. The van der Waals surface area contributed by atoms with Crippen LogP contribution in [0, 0.1) is 5.41 Å². The van der Waals surface area contributed by atoms with E-state index in [1.54, 1.807) is 11.9 Å². The fourth-order valence-electron chi connectivity index (χ4n) is 2.30. The first-order valence-corrected chi connectivity index (χ1v) is 6.19. The molecule has 0 aromatic heterocycles. The van der Waals surface area contributed by atoms with E-state index in [9.17, 15) is 13.2 Å². The fraction of sp³-hybridized carbons (Fsp3) is 1.00. The Hall–Kier alpha value is -0.290. The molecule has 0 radical (unpaired) electrons. The van der Waals surface area contributed by atoms with Crippen LogP contribution in [0.15, 0.2) is 0 Å². The van der Waals surface area contributed by atoms with E-state index in [4.69, 9.17) is 0 Å². The molecule has 0 saturated carbocycles. The summed E-state index contributed by atoms with van der Waals surface area (Å²) in [5.74, 6) is 0. The molecular weight excluding hydrogens is 229 g/mol. The largest absolute Gasteiger partial charge is 0.390 e. The molecule has 0 aromatic carbocycles. The molecule has 0 amide bonds. The Morgan fingerprint density at radius 1 is 1.35 bits per heavy atom. The lowest BCUT2D eigenvalue weighted by Gasteiger charge is -2.41. The van der Waals surface area contributed by atoms with E-state index in [1.165, 1.54) is 0 Å². The van der Waals surface area contributed by atoms with Gasteiger partial charge in [0.15, 0.2) is 0 Å². The molecule has 1 fully saturated rings. The molecular formula is C12H23F3N2. The first kappa shape index (κ1) is 14.8. The van der Waals surface area contributed by atoms with Gasteiger partial charge in [0.1, 0.15) is 0 Å². The molecule has 17 heavy (non-hydrogen) atoms. The Balaban J connectivity index is 2.37. The van der Waals surface area contributed by atoms with Crippen LogP contribution in [0.5, 0.6) is 0 Å². The van der Waals surface area contributed by atoms with Gasteiger partial charge in [-0.25, -0.2) is 0 Å². The number of likely N-dealkylation sites (N-methyl/N-ethyl adjacent to an activating group) is 1. The third-order valence-electron chi connectivity index (χ3n) is 3.60. The highest BCUT2D eigenvalue weighted by molar-refractivity contribution is 4.89. The Bertz CT molecular complexity index is 238. The Morgan fingerprint density at radius 2 is 2.00 bits per heavy atom. The van der Waals surface area contributed by atoms with E-state index in [-0.39, 0.29) is 18.0 Å². The van der Waals surface area contributed by atoms with E-state index >= 15 is 0 Å². The average Bonchev–Trinajstić information content (AvgIpc) is 2.17. The number of nitrogens with zero attached hydrogens (tertiary/aromatic N) is 1. The Morgan fingerprint density at radius 3 is 2.53 bits per heavy atom.